The summed E-state index contributed by atoms with van der Waals surface area (Å²) in [6, 6.07) is 29.6. The average molecular weight is 788 g/mol. The Morgan fingerprint density at radius 1 is 0.745 bits per heavy atom. The molecule has 0 saturated carbocycles. The van der Waals surface area contributed by atoms with E-state index in [1.54, 1.807) is 54.6 Å². The van der Waals surface area contributed by atoms with Crippen molar-refractivity contribution in [3.63, 3.8) is 0 Å². The van der Waals surface area contributed by atoms with Crippen molar-refractivity contribution < 1.29 is 26.0 Å². The first-order chi connectivity index (χ1) is 24.3. The van der Waals surface area contributed by atoms with E-state index in [0.717, 1.165) is 15.4 Å². The van der Waals surface area contributed by atoms with Crippen LogP contribution in [0.1, 0.15) is 28.2 Å². The number of hydrogen-bond donors (Lipinski definition) is 1. The zero-order chi connectivity index (χ0) is 36.6. The lowest BCUT2D eigenvalue weighted by Crippen LogP contribution is -2.40. The molecule has 0 fully saturated rings. The summed E-state index contributed by atoms with van der Waals surface area (Å²) in [6.07, 6.45) is 1.61. The van der Waals surface area contributed by atoms with Crippen molar-refractivity contribution in [1.82, 2.24) is 14.0 Å². The number of nitrogens with one attached hydrogen (secondary N) is 1. The molecule has 4 aromatic carbocycles. The van der Waals surface area contributed by atoms with Gasteiger partial charge in [-0.3, -0.25) is 4.79 Å². The fourth-order valence-electron chi connectivity index (χ4n) is 4.95. The van der Waals surface area contributed by atoms with Gasteiger partial charge in [-0.25, -0.2) is 22.3 Å². The van der Waals surface area contributed by atoms with E-state index >= 15 is 0 Å². The monoisotopic (exact) mass is 786 g/mol. The smallest absolute Gasteiger partial charge is 0.255 e. The van der Waals surface area contributed by atoms with Gasteiger partial charge in [0.1, 0.15) is 11.5 Å². The molecule has 0 saturated heterocycles. The Bertz CT molecular complexity index is 2210. The number of benzene rings is 4. The molecule has 266 valence electrons. The molecule has 51 heavy (non-hydrogen) atoms. The molecule has 1 heterocycles. The van der Waals surface area contributed by atoms with Crippen molar-refractivity contribution in [3.05, 3.63) is 152 Å². The zero-order valence-electron chi connectivity index (χ0n) is 27.2. The Morgan fingerprint density at radius 3 is 2.06 bits per heavy atom. The van der Waals surface area contributed by atoms with Crippen LogP contribution in [0, 0.1) is 6.92 Å². The van der Waals surface area contributed by atoms with Crippen LogP contribution in [0.2, 0.25) is 15.1 Å². The minimum Gasteiger partial charge on any atom is -0.459 e. The second kappa shape index (κ2) is 17.0. The number of nitrogens with zero attached hydrogens (tertiary/aromatic N) is 3. The van der Waals surface area contributed by atoms with Gasteiger partial charge in [0.15, 0.2) is 0 Å². The Labute approximate surface area is 312 Å². The lowest BCUT2D eigenvalue weighted by atomic mass is 10.1. The molecule has 5 rings (SSSR count). The molecule has 15 heteroatoms. The Hall–Kier alpha value is -4.01. The molecule has 0 unspecified atom stereocenters. The van der Waals surface area contributed by atoms with Gasteiger partial charge in [-0.1, -0.05) is 88.9 Å². The zero-order valence-corrected chi connectivity index (χ0v) is 31.1. The SMILES string of the molecule is Cc1ccc(S(=O)(=O)N(Cc2ccc(Cl)c(Cl)c2)Cc2ccc(/C=N\NC(=O)CN(CCc3ccccc3)S(=O)(=O)c3ccc(Cl)cc3)o2)cc1. The highest BCUT2D eigenvalue weighted by molar-refractivity contribution is 7.89. The number of amides is 1. The van der Waals surface area contributed by atoms with E-state index in [1.807, 2.05) is 37.3 Å². The van der Waals surface area contributed by atoms with E-state index in [-0.39, 0.29) is 35.2 Å². The first-order valence-corrected chi connectivity index (χ1v) is 19.5. The van der Waals surface area contributed by atoms with Crippen LogP contribution >= 0.6 is 34.8 Å². The van der Waals surface area contributed by atoms with E-state index in [0.29, 0.717) is 32.8 Å². The predicted octanol–water partition coefficient (Wildman–Crippen LogP) is 7.32. The molecule has 0 bridgehead atoms. The number of aryl methyl sites for hydroxylation is 1. The van der Waals surface area contributed by atoms with Gasteiger partial charge in [0.05, 0.1) is 39.1 Å². The number of carbonyl (C=O) groups is 1. The number of furan rings is 1. The van der Waals surface area contributed by atoms with Gasteiger partial charge in [0.25, 0.3) is 5.91 Å². The predicted molar refractivity (Wildman–Crippen MR) is 199 cm³/mol. The summed E-state index contributed by atoms with van der Waals surface area (Å²) < 4.78 is 62.7. The highest BCUT2D eigenvalue weighted by atomic mass is 35.5. The van der Waals surface area contributed by atoms with E-state index in [9.17, 15) is 21.6 Å². The van der Waals surface area contributed by atoms with E-state index in [1.165, 1.54) is 34.8 Å². The number of hydrazone groups is 1. The molecular weight excluding hydrogens is 755 g/mol. The van der Waals surface area contributed by atoms with Crippen LogP contribution in [0.4, 0.5) is 0 Å². The summed E-state index contributed by atoms with van der Waals surface area (Å²) in [5, 5.41) is 4.97. The minimum absolute atomic E-state index is 0.00280. The molecule has 1 N–H and O–H groups in total. The number of carbonyl (C=O) groups excluding carboxylic acids is 1. The third-order valence-electron chi connectivity index (χ3n) is 7.66. The van der Waals surface area contributed by atoms with Crippen molar-refractivity contribution in [3.8, 4) is 0 Å². The minimum atomic E-state index is -4.05. The third kappa shape index (κ3) is 10.3. The summed E-state index contributed by atoms with van der Waals surface area (Å²) >= 11 is 18.2. The second-order valence-electron chi connectivity index (χ2n) is 11.5. The highest BCUT2D eigenvalue weighted by Gasteiger charge is 2.28. The molecule has 0 atom stereocenters. The van der Waals surface area contributed by atoms with Crippen LogP contribution in [0.5, 0.6) is 0 Å². The Morgan fingerprint density at radius 2 is 1.39 bits per heavy atom. The maximum Gasteiger partial charge on any atom is 0.255 e. The summed E-state index contributed by atoms with van der Waals surface area (Å²) in [4.78, 5) is 13.1. The molecule has 10 nitrogen and oxygen atoms in total. The van der Waals surface area contributed by atoms with Crippen LogP contribution in [0.3, 0.4) is 0 Å². The van der Waals surface area contributed by atoms with Crippen LogP contribution in [0.25, 0.3) is 0 Å². The summed E-state index contributed by atoms with van der Waals surface area (Å²) in [5.41, 5.74) is 4.78. The van der Waals surface area contributed by atoms with Gasteiger partial charge >= 0.3 is 0 Å². The molecule has 5 aromatic rings. The quantitative estimate of drug-likeness (QED) is 0.0875. The summed E-state index contributed by atoms with van der Waals surface area (Å²) in [6.45, 7) is 1.25. The molecule has 0 aliphatic carbocycles. The van der Waals surface area contributed by atoms with Gasteiger partial charge < -0.3 is 4.42 Å². The van der Waals surface area contributed by atoms with Crippen LogP contribution in [0.15, 0.2) is 129 Å². The standard InChI is InChI=1S/C36H33Cl3N4O6S2/c1-26-7-14-32(15-8-26)51(47,48)43(23-28-9-18-34(38)35(39)21-28)24-31-13-12-30(49-31)22-40-41-36(44)25-42(20-19-27-5-3-2-4-6-27)50(45,46)33-16-10-29(37)11-17-33/h2-18,21-22H,19-20,23-25H2,1H3,(H,41,44)/b40-22-. The highest BCUT2D eigenvalue weighted by Crippen LogP contribution is 2.27. The fraction of sp³-hybridized carbons (Fsp3) is 0.167. The maximum atomic E-state index is 13.7. The van der Waals surface area contributed by atoms with E-state index in [2.05, 4.69) is 10.5 Å². The second-order valence-corrected chi connectivity index (χ2v) is 16.6. The molecule has 1 aromatic heterocycles. The third-order valence-corrected chi connectivity index (χ3v) is 12.3. The van der Waals surface area contributed by atoms with Gasteiger partial charge in [0.2, 0.25) is 20.0 Å². The van der Waals surface area contributed by atoms with Gasteiger partial charge in [-0.15, -0.1) is 0 Å². The van der Waals surface area contributed by atoms with Crippen molar-refractivity contribution in [2.75, 3.05) is 13.1 Å². The molecule has 0 spiro atoms. The largest absolute Gasteiger partial charge is 0.459 e. The van der Waals surface area contributed by atoms with Crippen molar-refractivity contribution in [1.29, 1.82) is 0 Å². The first kappa shape index (κ1) is 38.2. The number of sulfonamides is 2. The van der Waals surface area contributed by atoms with Gasteiger partial charge in [-0.2, -0.15) is 13.7 Å². The number of hydrogen-bond acceptors (Lipinski definition) is 7. The maximum absolute atomic E-state index is 13.7. The Balaban J connectivity index is 1.28. The molecule has 0 radical (unpaired) electrons. The molecule has 0 aliphatic rings. The average Bonchev–Trinajstić information content (AvgIpc) is 3.55. The van der Waals surface area contributed by atoms with E-state index < -0.39 is 32.5 Å². The van der Waals surface area contributed by atoms with Crippen molar-refractivity contribution in [2.24, 2.45) is 5.10 Å². The molecular formula is C36H33Cl3N4O6S2. The first-order valence-electron chi connectivity index (χ1n) is 15.5. The summed E-state index contributed by atoms with van der Waals surface area (Å²) in [7, 11) is -8.03. The lowest BCUT2D eigenvalue weighted by Gasteiger charge is -2.22. The van der Waals surface area contributed by atoms with Gasteiger partial charge in [-0.05, 0) is 85.1 Å². The summed E-state index contributed by atoms with van der Waals surface area (Å²) in [5.74, 6) is -0.150. The normalized spacial score (nSPS) is 12.2. The number of rotatable bonds is 15. The van der Waals surface area contributed by atoms with Crippen LogP contribution in [-0.2, 0) is 44.4 Å². The lowest BCUT2D eigenvalue weighted by molar-refractivity contribution is -0.121. The Kier molecular flexibility index (Phi) is 12.7. The molecule has 0 aliphatic heterocycles. The van der Waals surface area contributed by atoms with Crippen molar-refractivity contribution in [2.45, 2.75) is 36.2 Å². The van der Waals surface area contributed by atoms with E-state index in [4.69, 9.17) is 39.2 Å². The van der Waals surface area contributed by atoms with Gasteiger partial charge in [0, 0.05) is 18.1 Å². The van der Waals surface area contributed by atoms with Crippen LogP contribution < -0.4 is 5.43 Å². The van der Waals surface area contributed by atoms with Crippen LogP contribution in [-0.4, -0.2) is 50.7 Å². The molecule has 1 amide bonds. The number of halogens is 3. The fourth-order valence-corrected chi connectivity index (χ4v) is 8.19. The topological polar surface area (TPSA) is 129 Å². The van der Waals surface area contributed by atoms with Crippen molar-refractivity contribution >= 4 is 67.0 Å².